The molecule has 1 aromatic rings. The van der Waals surface area contributed by atoms with Gasteiger partial charge in [0, 0.05) is 4.47 Å². The minimum absolute atomic E-state index is 0.119. The largest absolute Gasteiger partial charge is 0.409 e. The molecule has 0 bridgehead atoms. The van der Waals surface area contributed by atoms with Crippen molar-refractivity contribution in [1.29, 1.82) is 0 Å². The van der Waals surface area contributed by atoms with Gasteiger partial charge < -0.3 is 10.9 Å². The molecule has 0 saturated heterocycles. The Balaban J connectivity index is 3.00. The first-order chi connectivity index (χ1) is 8.90. The molecular weight excluding hydrogens is 334 g/mol. The van der Waals surface area contributed by atoms with E-state index < -0.39 is 16.1 Å². The summed E-state index contributed by atoms with van der Waals surface area (Å²) in [6, 6.07) is 5.59. The molecule has 1 atom stereocenters. The van der Waals surface area contributed by atoms with Crippen LogP contribution in [0.5, 0.6) is 0 Å². The van der Waals surface area contributed by atoms with Crippen LogP contribution in [0, 0.1) is 0 Å². The van der Waals surface area contributed by atoms with E-state index in [-0.39, 0.29) is 10.7 Å². The zero-order chi connectivity index (χ0) is 14.5. The van der Waals surface area contributed by atoms with Crippen LogP contribution in [0.2, 0.25) is 0 Å². The van der Waals surface area contributed by atoms with E-state index in [0.717, 1.165) is 0 Å². The lowest BCUT2D eigenvalue weighted by Gasteiger charge is -2.16. The van der Waals surface area contributed by atoms with Crippen LogP contribution >= 0.6 is 15.9 Å². The van der Waals surface area contributed by atoms with Gasteiger partial charge in [-0.15, -0.1) is 0 Å². The van der Waals surface area contributed by atoms with Crippen molar-refractivity contribution < 1.29 is 13.6 Å². The summed E-state index contributed by atoms with van der Waals surface area (Å²) < 4.78 is 27.4. The highest BCUT2D eigenvalue weighted by atomic mass is 79.9. The molecular formula is C11H16BrN3O3S. The molecule has 8 heteroatoms. The summed E-state index contributed by atoms with van der Waals surface area (Å²) in [5.74, 6) is -0.152. The van der Waals surface area contributed by atoms with E-state index in [1.165, 1.54) is 12.1 Å². The normalized spacial score (nSPS) is 14.3. The Bertz CT molecular complexity index is 560. The number of hydrogen-bond donors (Lipinski definition) is 3. The van der Waals surface area contributed by atoms with Crippen molar-refractivity contribution in [2.75, 3.05) is 0 Å². The van der Waals surface area contributed by atoms with E-state index in [2.05, 4.69) is 25.8 Å². The Hall–Kier alpha value is -1.12. The van der Waals surface area contributed by atoms with Crippen LogP contribution in [0.25, 0.3) is 0 Å². The fourth-order valence-corrected chi connectivity index (χ4v) is 3.35. The summed E-state index contributed by atoms with van der Waals surface area (Å²) in [5, 5.41) is 11.5. The van der Waals surface area contributed by atoms with Crippen molar-refractivity contribution in [1.82, 2.24) is 4.72 Å². The van der Waals surface area contributed by atoms with E-state index in [4.69, 9.17) is 10.9 Å². The number of nitrogens with zero attached hydrogens (tertiary/aromatic N) is 1. The molecule has 0 aliphatic rings. The van der Waals surface area contributed by atoms with Crippen molar-refractivity contribution in [3.63, 3.8) is 0 Å². The molecule has 6 nitrogen and oxygen atoms in total. The lowest BCUT2D eigenvalue weighted by Crippen LogP contribution is -2.44. The van der Waals surface area contributed by atoms with E-state index in [1.807, 2.05) is 6.92 Å². The highest BCUT2D eigenvalue weighted by molar-refractivity contribution is 9.10. The molecule has 19 heavy (non-hydrogen) atoms. The molecule has 4 N–H and O–H groups in total. The molecule has 0 fully saturated rings. The third kappa shape index (κ3) is 4.48. The summed E-state index contributed by atoms with van der Waals surface area (Å²) in [5.41, 5.74) is 5.48. The van der Waals surface area contributed by atoms with Crippen molar-refractivity contribution in [3.05, 3.63) is 28.7 Å². The summed E-state index contributed by atoms with van der Waals surface area (Å²) in [6.45, 7) is 1.88. The van der Waals surface area contributed by atoms with Gasteiger partial charge in [-0.2, -0.15) is 0 Å². The average molecular weight is 350 g/mol. The Morgan fingerprint density at radius 2 is 2.26 bits per heavy atom. The first-order valence-electron chi connectivity index (χ1n) is 5.66. The smallest absolute Gasteiger partial charge is 0.241 e. The van der Waals surface area contributed by atoms with E-state index >= 15 is 0 Å². The number of rotatable bonds is 6. The monoisotopic (exact) mass is 349 g/mol. The molecule has 0 amide bonds. The maximum atomic E-state index is 12.2. The summed E-state index contributed by atoms with van der Waals surface area (Å²) in [4.78, 5) is 0.119. The lowest BCUT2D eigenvalue weighted by atomic mass is 10.2. The maximum absolute atomic E-state index is 12.2. The van der Waals surface area contributed by atoms with Gasteiger partial charge in [0.05, 0.1) is 10.9 Å². The SMILES string of the molecule is CCCC(NS(=O)(=O)c1cccc(Br)c1)/C(N)=N/O. The maximum Gasteiger partial charge on any atom is 0.241 e. The second kappa shape index (κ2) is 6.88. The highest BCUT2D eigenvalue weighted by Crippen LogP contribution is 2.16. The van der Waals surface area contributed by atoms with Crippen molar-refractivity contribution in [2.24, 2.45) is 10.9 Å². The van der Waals surface area contributed by atoms with Gasteiger partial charge in [-0.1, -0.05) is 40.5 Å². The number of oxime groups is 1. The molecule has 0 heterocycles. The second-order valence-electron chi connectivity index (χ2n) is 3.94. The van der Waals surface area contributed by atoms with Crippen LogP contribution in [-0.4, -0.2) is 25.5 Å². The predicted molar refractivity (Wildman–Crippen MR) is 76.6 cm³/mol. The van der Waals surface area contributed by atoms with Crippen LogP contribution in [0.15, 0.2) is 38.8 Å². The van der Waals surface area contributed by atoms with Crippen LogP contribution in [-0.2, 0) is 10.0 Å². The number of nitrogens with two attached hydrogens (primary N) is 1. The number of halogens is 1. The highest BCUT2D eigenvalue weighted by Gasteiger charge is 2.22. The Kier molecular flexibility index (Phi) is 5.77. The van der Waals surface area contributed by atoms with Gasteiger partial charge in [0.2, 0.25) is 10.0 Å². The molecule has 0 aliphatic heterocycles. The molecule has 1 aromatic carbocycles. The van der Waals surface area contributed by atoms with Crippen molar-refractivity contribution >= 4 is 31.8 Å². The zero-order valence-corrected chi connectivity index (χ0v) is 12.8. The Morgan fingerprint density at radius 3 is 2.79 bits per heavy atom. The van der Waals surface area contributed by atoms with Gasteiger partial charge in [0.15, 0.2) is 5.84 Å². The van der Waals surface area contributed by atoms with Crippen LogP contribution < -0.4 is 10.5 Å². The van der Waals surface area contributed by atoms with Gasteiger partial charge in [-0.3, -0.25) is 0 Å². The van der Waals surface area contributed by atoms with Gasteiger partial charge in [-0.25, -0.2) is 13.1 Å². The molecule has 0 aromatic heterocycles. The standard InChI is InChI=1S/C11H16BrN3O3S/c1-2-4-10(11(13)14-16)15-19(17,18)9-6-3-5-8(12)7-9/h3,5-7,10,15-16H,2,4H2,1H3,(H2,13,14). The minimum Gasteiger partial charge on any atom is -0.409 e. The number of nitrogens with one attached hydrogen (secondary N) is 1. The quantitative estimate of drug-likeness (QED) is 0.314. The predicted octanol–water partition coefficient (Wildman–Crippen LogP) is 1.64. The number of benzene rings is 1. The topological polar surface area (TPSA) is 105 Å². The van der Waals surface area contributed by atoms with Crippen LogP contribution in [0.1, 0.15) is 19.8 Å². The molecule has 0 saturated carbocycles. The Morgan fingerprint density at radius 1 is 1.58 bits per heavy atom. The van der Waals surface area contributed by atoms with E-state index in [9.17, 15) is 8.42 Å². The molecule has 0 aliphatic carbocycles. The third-order valence-corrected chi connectivity index (χ3v) is 4.42. The lowest BCUT2D eigenvalue weighted by molar-refractivity contribution is 0.315. The fourth-order valence-electron chi connectivity index (χ4n) is 1.52. The first-order valence-corrected chi connectivity index (χ1v) is 7.93. The fraction of sp³-hybridized carbons (Fsp3) is 0.364. The molecule has 0 spiro atoms. The number of amidine groups is 1. The van der Waals surface area contributed by atoms with Gasteiger partial charge >= 0.3 is 0 Å². The van der Waals surface area contributed by atoms with Crippen LogP contribution in [0.4, 0.5) is 0 Å². The van der Waals surface area contributed by atoms with Crippen molar-refractivity contribution in [2.45, 2.75) is 30.7 Å². The van der Waals surface area contributed by atoms with Crippen LogP contribution in [0.3, 0.4) is 0 Å². The Labute approximate surface area is 120 Å². The number of hydrogen-bond acceptors (Lipinski definition) is 4. The minimum atomic E-state index is -3.71. The number of sulfonamides is 1. The molecule has 1 rings (SSSR count). The summed E-state index contributed by atoms with van der Waals surface area (Å²) in [7, 11) is -3.71. The van der Waals surface area contributed by atoms with Crippen molar-refractivity contribution in [3.8, 4) is 0 Å². The summed E-state index contributed by atoms with van der Waals surface area (Å²) >= 11 is 3.21. The summed E-state index contributed by atoms with van der Waals surface area (Å²) in [6.07, 6.45) is 1.14. The first kappa shape index (κ1) is 15.9. The van der Waals surface area contributed by atoms with Gasteiger partial charge in [0.25, 0.3) is 0 Å². The van der Waals surface area contributed by atoms with Gasteiger partial charge in [0.1, 0.15) is 0 Å². The third-order valence-electron chi connectivity index (χ3n) is 2.45. The second-order valence-corrected chi connectivity index (χ2v) is 6.57. The molecule has 0 radical (unpaired) electrons. The molecule has 106 valence electrons. The van der Waals surface area contributed by atoms with Gasteiger partial charge in [-0.05, 0) is 24.6 Å². The van der Waals surface area contributed by atoms with E-state index in [0.29, 0.717) is 17.3 Å². The zero-order valence-electron chi connectivity index (χ0n) is 10.4. The average Bonchev–Trinajstić information content (AvgIpc) is 2.37. The van der Waals surface area contributed by atoms with E-state index in [1.54, 1.807) is 12.1 Å². The molecule has 1 unspecified atom stereocenters.